The Morgan fingerprint density at radius 2 is 1.91 bits per heavy atom. The summed E-state index contributed by atoms with van der Waals surface area (Å²) in [6.07, 6.45) is 1.71. The molecule has 1 saturated heterocycles. The lowest BCUT2D eigenvalue weighted by atomic mass is 9.91. The van der Waals surface area contributed by atoms with Crippen molar-refractivity contribution in [3.05, 3.63) is 77.4 Å². The number of nitrogen functional groups attached to an aromatic ring is 1. The van der Waals surface area contributed by atoms with Gasteiger partial charge in [-0.1, -0.05) is 42.5 Å². The van der Waals surface area contributed by atoms with Gasteiger partial charge in [0.15, 0.2) is 0 Å². The highest BCUT2D eigenvalue weighted by Gasteiger charge is 2.23. The van der Waals surface area contributed by atoms with E-state index in [-0.39, 0.29) is 17.9 Å². The van der Waals surface area contributed by atoms with Gasteiger partial charge in [0.05, 0.1) is 12.5 Å². The molecule has 6 nitrogen and oxygen atoms in total. The highest BCUT2D eigenvalue weighted by Crippen LogP contribution is 2.27. The molecule has 0 saturated carbocycles. The smallest absolute Gasteiger partial charge is 0.313 e. The second kappa shape index (κ2) is 9.83. The molecular formula is C26H29N3O3. The van der Waals surface area contributed by atoms with Crippen molar-refractivity contribution in [2.24, 2.45) is 5.73 Å². The molecule has 0 unspecified atom stereocenters. The molecule has 3 aromatic carbocycles. The number of nitrogens with one attached hydrogen (secondary N) is 2. The fourth-order valence-electron chi connectivity index (χ4n) is 4.11. The Kier molecular flexibility index (Phi) is 6.71. The van der Waals surface area contributed by atoms with Crippen LogP contribution in [0.5, 0.6) is 5.75 Å². The zero-order valence-corrected chi connectivity index (χ0v) is 18.3. The summed E-state index contributed by atoms with van der Waals surface area (Å²) in [4.78, 5) is 12.8. The fraction of sp³-hybridized carbons (Fsp3) is 0.308. The molecule has 32 heavy (non-hydrogen) atoms. The third-order valence-electron chi connectivity index (χ3n) is 5.83. The number of amidine groups is 1. The van der Waals surface area contributed by atoms with Gasteiger partial charge >= 0.3 is 5.97 Å². The molecule has 1 aliphatic heterocycles. The Labute approximate surface area is 188 Å². The van der Waals surface area contributed by atoms with E-state index in [9.17, 15) is 4.79 Å². The molecule has 166 valence electrons. The maximum absolute atomic E-state index is 12.8. The quantitative estimate of drug-likeness (QED) is 0.287. The molecule has 0 bridgehead atoms. The Bertz CT molecular complexity index is 1110. The first-order valence-corrected chi connectivity index (χ1v) is 11.0. The summed E-state index contributed by atoms with van der Waals surface area (Å²) in [5, 5.41) is 13.0. The first-order valence-electron chi connectivity index (χ1n) is 11.0. The Morgan fingerprint density at radius 1 is 1.12 bits per heavy atom. The lowest BCUT2D eigenvalue weighted by Gasteiger charge is -2.18. The molecule has 3 aromatic rings. The molecule has 4 rings (SSSR count). The summed E-state index contributed by atoms with van der Waals surface area (Å²) in [7, 11) is 0. The molecule has 1 fully saturated rings. The Morgan fingerprint density at radius 3 is 2.59 bits per heavy atom. The van der Waals surface area contributed by atoms with Crippen LogP contribution in [0, 0.1) is 5.41 Å². The highest BCUT2D eigenvalue weighted by atomic mass is 16.5. The molecule has 0 amide bonds. The summed E-state index contributed by atoms with van der Waals surface area (Å²) in [5.41, 5.74) is 8.25. The van der Waals surface area contributed by atoms with E-state index in [1.807, 2.05) is 61.5 Å². The lowest BCUT2D eigenvalue weighted by Crippen LogP contribution is -2.20. The van der Waals surface area contributed by atoms with Crippen molar-refractivity contribution in [3.8, 4) is 5.75 Å². The number of fused-ring (bicyclic) bond motifs is 1. The molecule has 1 aliphatic rings. The molecule has 4 N–H and O–H groups in total. The summed E-state index contributed by atoms with van der Waals surface area (Å²) in [5.74, 6) is 0.203. The average Bonchev–Trinajstić information content (AvgIpc) is 3.31. The van der Waals surface area contributed by atoms with Crippen LogP contribution in [0.25, 0.3) is 10.8 Å². The number of benzene rings is 3. The van der Waals surface area contributed by atoms with Gasteiger partial charge in [-0.15, -0.1) is 0 Å². The van der Waals surface area contributed by atoms with Crippen molar-refractivity contribution in [2.45, 2.75) is 31.8 Å². The van der Waals surface area contributed by atoms with Crippen LogP contribution >= 0.6 is 0 Å². The van der Waals surface area contributed by atoms with Crippen LogP contribution in [0.2, 0.25) is 0 Å². The summed E-state index contributed by atoms with van der Waals surface area (Å²) >= 11 is 0. The SMILES string of the molecule is CCOC(=O)[C@@H](Cc1ccc2ccc(C(=N)N)cc2c1)c1ccc(O[C@H]2CCNC2)cc1. The number of ether oxygens (including phenoxy) is 2. The third-order valence-corrected chi connectivity index (χ3v) is 5.83. The standard InChI is InChI=1S/C26H29N3O3/c1-2-31-26(30)24(19-7-9-22(10-8-19)32-23-11-12-29-16-23)14-17-3-4-18-5-6-20(25(27)28)15-21(18)13-17/h3-10,13,15,23-24,29H,2,11-12,14,16H2,1H3,(H3,27,28)/t23-,24-/m0/s1. The molecule has 0 radical (unpaired) electrons. The van der Waals surface area contributed by atoms with Gasteiger partial charge in [-0.3, -0.25) is 10.2 Å². The van der Waals surface area contributed by atoms with E-state index in [1.165, 1.54) is 0 Å². The number of carbonyl (C=O) groups is 1. The summed E-state index contributed by atoms with van der Waals surface area (Å²) in [6.45, 7) is 4.00. The molecule has 2 atom stereocenters. The van der Waals surface area contributed by atoms with E-state index >= 15 is 0 Å². The zero-order chi connectivity index (χ0) is 22.5. The van der Waals surface area contributed by atoms with E-state index < -0.39 is 5.92 Å². The van der Waals surface area contributed by atoms with E-state index in [1.54, 1.807) is 0 Å². The van der Waals surface area contributed by atoms with Crippen molar-refractivity contribution in [1.82, 2.24) is 5.32 Å². The molecular weight excluding hydrogens is 402 g/mol. The lowest BCUT2D eigenvalue weighted by molar-refractivity contribution is -0.144. The summed E-state index contributed by atoms with van der Waals surface area (Å²) in [6, 6.07) is 19.6. The molecule has 0 spiro atoms. The number of esters is 1. The number of nitrogens with two attached hydrogens (primary N) is 1. The molecule has 6 heteroatoms. The van der Waals surface area contributed by atoms with Crippen molar-refractivity contribution in [2.75, 3.05) is 19.7 Å². The fourth-order valence-corrected chi connectivity index (χ4v) is 4.11. The molecule has 1 heterocycles. The highest BCUT2D eigenvalue weighted by molar-refractivity contribution is 5.99. The van der Waals surface area contributed by atoms with Gasteiger partial charge in [-0.25, -0.2) is 0 Å². The predicted molar refractivity (Wildman–Crippen MR) is 126 cm³/mol. The van der Waals surface area contributed by atoms with Gasteiger partial charge in [0.25, 0.3) is 0 Å². The minimum absolute atomic E-state index is 0.0393. The minimum atomic E-state index is -0.411. The third kappa shape index (κ3) is 5.08. The topological polar surface area (TPSA) is 97.4 Å². The zero-order valence-electron chi connectivity index (χ0n) is 18.3. The van der Waals surface area contributed by atoms with Crippen LogP contribution in [0.15, 0.2) is 60.7 Å². The van der Waals surface area contributed by atoms with Gasteiger partial charge in [-0.2, -0.15) is 0 Å². The summed E-state index contributed by atoms with van der Waals surface area (Å²) < 4.78 is 11.4. The van der Waals surface area contributed by atoms with Crippen molar-refractivity contribution >= 4 is 22.6 Å². The number of hydrogen-bond donors (Lipinski definition) is 3. The second-order valence-corrected chi connectivity index (χ2v) is 8.12. The number of rotatable bonds is 8. The van der Waals surface area contributed by atoms with Crippen molar-refractivity contribution < 1.29 is 14.3 Å². The van der Waals surface area contributed by atoms with Crippen LogP contribution in [-0.2, 0) is 16.0 Å². The van der Waals surface area contributed by atoms with Gasteiger partial charge in [0.2, 0.25) is 0 Å². The maximum atomic E-state index is 12.8. The van der Waals surface area contributed by atoms with E-state index in [4.69, 9.17) is 20.6 Å². The monoisotopic (exact) mass is 431 g/mol. The van der Waals surface area contributed by atoms with Gasteiger partial charge < -0.3 is 20.5 Å². The second-order valence-electron chi connectivity index (χ2n) is 8.12. The molecule has 0 aliphatic carbocycles. The van der Waals surface area contributed by atoms with Crippen molar-refractivity contribution in [1.29, 1.82) is 5.41 Å². The first kappa shape index (κ1) is 21.8. The van der Waals surface area contributed by atoms with Crippen LogP contribution in [0.4, 0.5) is 0 Å². The normalized spacial score (nSPS) is 16.6. The van der Waals surface area contributed by atoms with Crippen LogP contribution < -0.4 is 15.8 Å². The Balaban J connectivity index is 1.57. The number of carbonyl (C=O) groups excluding carboxylic acids is 1. The Hall–Kier alpha value is -3.38. The number of hydrogen-bond acceptors (Lipinski definition) is 5. The van der Waals surface area contributed by atoms with Gasteiger partial charge in [-0.05, 0) is 66.4 Å². The minimum Gasteiger partial charge on any atom is -0.489 e. The van der Waals surface area contributed by atoms with Crippen LogP contribution in [-0.4, -0.2) is 37.6 Å². The van der Waals surface area contributed by atoms with Crippen molar-refractivity contribution in [3.63, 3.8) is 0 Å². The van der Waals surface area contributed by atoms with E-state index in [0.717, 1.165) is 47.2 Å². The average molecular weight is 432 g/mol. The van der Waals surface area contributed by atoms with E-state index in [0.29, 0.717) is 18.6 Å². The predicted octanol–water partition coefficient (Wildman–Crippen LogP) is 3.75. The van der Waals surface area contributed by atoms with Gasteiger partial charge in [0.1, 0.15) is 17.7 Å². The first-order chi connectivity index (χ1) is 15.5. The molecule has 0 aromatic heterocycles. The van der Waals surface area contributed by atoms with Crippen LogP contribution in [0.1, 0.15) is 36.0 Å². The van der Waals surface area contributed by atoms with E-state index in [2.05, 4.69) is 11.4 Å². The maximum Gasteiger partial charge on any atom is 0.313 e. The van der Waals surface area contributed by atoms with Crippen LogP contribution in [0.3, 0.4) is 0 Å². The largest absolute Gasteiger partial charge is 0.489 e. The van der Waals surface area contributed by atoms with Gasteiger partial charge in [0, 0.05) is 12.1 Å².